The van der Waals surface area contributed by atoms with Crippen molar-refractivity contribution in [2.75, 3.05) is 19.6 Å². The Labute approximate surface area is 166 Å². The Morgan fingerprint density at radius 3 is 2.89 bits per heavy atom. The molecule has 0 amide bonds. The lowest BCUT2D eigenvalue weighted by molar-refractivity contribution is -0.109. The van der Waals surface area contributed by atoms with Crippen LogP contribution in [-0.2, 0) is 17.6 Å². The number of hydrogen-bond donors (Lipinski definition) is 1. The first kappa shape index (κ1) is 19.3. The number of carbonyl (C=O) groups is 1. The molecule has 1 aliphatic heterocycles. The van der Waals surface area contributed by atoms with Gasteiger partial charge in [-0.05, 0) is 49.2 Å². The van der Waals surface area contributed by atoms with Crippen molar-refractivity contribution in [3.63, 3.8) is 0 Å². The summed E-state index contributed by atoms with van der Waals surface area (Å²) in [5, 5.41) is 12.3. The van der Waals surface area contributed by atoms with Crippen molar-refractivity contribution < 1.29 is 9.90 Å². The zero-order valence-corrected chi connectivity index (χ0v) is 17.0. The predicted octanol–water partition coefficient (Wildman–Crippen LogP) is 2.18. The van der Waals surface area contributed by atoms with Crippen molar-refractivity contribution in [2.24, 2.45) is 11.3 Å². The highest BCUT2D eigenvalue weighted by molar-refractivity contribution is 5.62. The molecule has 1 aliphatic carbocycles. The maximum Gasteiger partial charge on any atom is 0.120 e. The molecule has 3 heterocycles. The zero-order valence-electron chi connectivity index (χ0n) is 17.0. The summed E-state index contributed by atoms with van der Waals surface area (Å²) in [5.74, 6) is 0.331. The Bertz CT molecular complexity index is 919. The van der Waals surface area contributed by atoms with E-state index in [1.54, 1.807) is 0 Å². The van der Waals surface area contributed by atoms with E-state index in [0.717, 1.165) is 50.7 Å². The van der Waals surface area contributed by atoms with Crippen molar-refractivity contribution >= 4 is 17.9 Å². The lowest BCUT2D eigenvalue weighted by Gasteiger charge is -2.38. The molecule has 0 aromatic carbocycles. The molecule has 1 unspecified atom stereocenters. The summed E-state index contributed by atoms with van der Waals surface area (Å²) in [6, 6.07) is 0. The number of piperidine rings is 1. The van der Waals surface area contributed by atoms with E-state index in [1.807, 2.05) is 12.5 Å². The average molecular weight is 382 g/mol. The fraction of sp³-hybridized carbons (Fsp3) is 0.565. The molecule has 2 aromatic rings. The molecule has 28 heavy (non-hydrogen) atoms. The van der Waals surface area contributed by atoms with E-state index in [9.17, 15) is 9.90 Å². The van der Waals surface area contributed by atoms with Crippen molar-refractivity contribution in [3.05, 3.63) is 41.2 Å². The van der Waals surface area contributed by atoms with E-state index in [-0.39, 0.29) is 11.5 Å². The number of allylic oxidation sites excluding steroid dienone is 2. The highest BCUT2D eigenvalue weighted by atomic mass is 16.3. The molecular weight excluding hydrogens is 350 g/mol. The van der Waals surface area contributed by atoms with Gasteiger partial charge in [0.2, 0.25) is 0 Å². The third kappa shape index (κ3) is 3.78. The molecule has 0 saturated carbocycles. The van der Waals surface area contributed by atoms with Gasteiger partial charge in [0.15, 0.2) is 0 Å². The largest absolute Gasteiger partial charge is 0.392 e. The summed E-state index contributed by atoms with van der Waals surface area (Å²) in [4.78, 5) is 17.6. The van der Waals surface area contributed by atoms with Gasteiger partial charge < -0.3 is 19.2 Å². The van der Waals surface area contributed by atoms with E-state index in [0.29, 0.717) is 18.8 Å². The van der Waals surface area contributed by atoms with Crippen molar-refractivity contribution in [1.82, 2.24) is 14.3 Å². The minimum atomic E-state index is -0.326. The molecule has 0 bridgehead atoms. The lowest BCUT2D eigenvalue weighted by Crippen LogP contribution is -2.42. The lowest BCUT2D eigenvalue weighted by atomic mass is 9.85. The number of aliphatic hydroxyl groups excluding tert-OH is 1. The molecular formula is C23H31N3O2. The monoisotopic (exact) mass is 381 g/mol. The highest BCUT2D eigenvalue weighted by Gasteiger charge is 2.30. The van der Waals surface area contributed by atoms with Crippen LogP contribution in [0.2, 0.25) is 0 Å². The first-order valence-corrected chi connectivity index (χ1v) is 10.4. The Morgan fingerprint density at radius 1 is 1.36 bits per heavy atom. The van der Waals surface area contributed by atoms with Gasteiger partial charge in [-0.2, -0.15) is 0 Å². The number of aromatic nitrogens is 2. The van der Waals surface area contributed by atoms with Gasteiger partial charge in [-0.1, -0.05) is 32.1 Å². The average Bonchev–Trinajstić information content (AvgIpc) is 3.25. The number of aliphatic hydroxyl groups is 1. The third-order valence-electron chi connectivity index (χ3n) is 6.47. The van der Waals surface area contributed by atoms with E-state index >= 15 is 0 Å². The van der Waals surface area contributed by atoms with Gasteiger partial charge in [0.1, 0.15) is 6.29 Å². The van der Waals surface area contributed by atoms with Gasteiger partial charge in [-0.3, -0.25) is 0 Å². The molecule has 150 valence electrons. The zero-order chi connectivity index (χ0) is 19.7. The van der Waals surface area contributed by atoms with Crippen LogP contribution in [0, 0.1) is 11.3 Å². The van der Waals surface area contributed by atoms with Crippen molar-refractivity contribution in [2.45, 2.75) is 52.1 Å². The summed E-state index contributed by atoms with van der Waals surface area (Å²) in [5.41, 5.74) is 3.73. The van der Waals surface area contributed by atoms with E-state index in [4.69, 9.17) is 0 Å². The first-order chi connectivity index (χ1) is 13.5. The number of rotatable bonds is 7. The SMILES string of the molecule is CC(C)(CC=O)CN1CCC(C(O)Cc2c3c(c4cncn24)=CC=CC3)CC1. The number of imidazole rings is 1. The molecule has 2 aliphatic rings. The molecule has 5 heteroatoms. The van der Waals surface area contributed by atoms with Crippen LogP contribution in [0.25, 0.3) is 11.6 Å². The maximum absolute atomic E-state index is 11.0. The number of carbonyl (C=O) groups excluding carboxylic acids is 1. The number of fused-ring (bicyclic) bond motifs is 3. The fourth-order valence-electron chi connectivity index (χ4n) is 4.91. The molecule has 2 aromatic heterocycles. The van der Waals surface area contributed by atoms with E-state index in [1.165, 1.54) is 16.5 Å². The van der Waals surface area contributed by atoms with Gasteiger partial charge in [0, 0.05) is 30.3 Å². The molecule has 1 saturated heterocycles. The standard InChI is InChI=1S/C23H31N3O2/c1-23(2,9-12-27)15-25-10-7-17(8-11-25)22(28)13-20-18-5-3-4-6-19(18)21-14-24-16-26(20)21/h3-4,6,12,14,16-17,22,28H,5,7-11,13,15H2,1-2H3. The molecule has 1 fully saturated rings. The third-order valence-corrected chi connectivity index (χ3v) is 6.47. The summed E-state index contributed by atoms with van der Waals surface area (Å²) in [6.07, 6.45) is 15.2. The summed E-state index contributed by atoms with van der Waals surface area (Å²) in [7, 11) is 0. The molecule has 4 rings (SSSR count). The Hall–Kier alpha value is -1.98. The molecule has 5 nitrogen and oxygen atoms in total. The van der Waals surface area contributed by atoms with Crippen molar-refractivity contribution in [1.29, 1.82) is 0 Å². The minimum absolute atomic E-state index is 0.0264. The van der Waals surface area contributed by atoms with Gasteiger partial charge in [-0.15, -0.1) is 0 Å². The van der Waals surface area contributed by atoms with E-state index in [2.05, 4.69) is 46.4 Å². The van der Waals surface area contributed by atoms with Crippen LogP contribution in [0.3, 0.4) is 0 Å². The van der Waals surface area contributed by atoms with Crippen LogP contribution in [0.5, 0.6) is 0 Å². The first-order valence-electron chi connectivity index (χ1n) is 10.4. The van der Waals surface area contributed by atoms with E-state index < -0.39 is 0 Å². The van der Waals surface area contributed by atoms with Gasteiger partial charge in [0.05, 0.1) is 24.1 Å². The Balaban J connectivity index is 1.41. The maximum atomic E-state index is 11.0. The highest BCUT2D eigenvalue weighted by Crippen LogP contribution is 2.28. The summed E-state index contributed by atoms with van der Waals surface area (Å²) >= 11 is 0. The fourth-order valence-corrected chi connectivity index (χ4v) is 4.91. The van der Waals surface area contributed by atoms with Crippen LogP contribution in [0.4, 0.5) is 0 Å². The van der Waals surface area contributed by atoms with Crippen LogP contribution in [0.1, 0.15) is 44.4 Å². The number of nitrogens with zero attached hydrogens (tertiary/aromatic N) is 3. The smallest absolute Gasteiger partial charge is 0.120 e. The summed E-state index contributed by atoms with van der Waals surface area (Å²) in [6.45, 7) is 7.26. The number of aldehydes is 1. The second-order valence-electron chi connectivity index (χ2n) is 9.21. The molecule has 0 spiro atoms. The Kier molecular flexibility index (Phi) is 5.39. The van der Waals surface area contributed by atoms with Crippen LogP contribution >= 0.6 is 0 Å². The topological polar surface area (TPSA) is 57.8 Å². The molecule has 0 radical (unpaired) electrons. The van der Waals surface area contributed by atoms with Crippen LogP contribution < -0.4 is 5.22 Å². The number of hydrogen-bond acceptors (Lipinski definition) is 4. The minimum Gasteiger partial charge on any atom is -0.392 e. The van der Waals surface area contributed by atoms with Crippen LogP contribution in [-0.4, -0.2) is 51.4 Å². The number of likely N-dealkylation sites (tertiary alicyclic amines) is 1. The Morgan fingerprint density at radius 2 is 2.14 bits per heavy atom. The molecule has 1 N–H and O–H groups in total. The quantitative estimate of drug-likeness (QED) is 0.747. The second-order valence-corrected chi connectivity index (χ2v) is 9.21. The predicted molar refractivity (Wildman–Crippen MR) is 111 cm³/mol. The van der Waals surface area contributed by atoms with Gasteiger partial charge in [0.25, 0.3) is 0 Å². The second kappa shape index (κ2) is 7.80. The molecule has 1 atom stereocenters. The van der Waals surface area contributed by atoms with Gasteiger partial charge in [-0.25, -0.2) is 4.98 Å². The van der Waals surface area contributed by atoms with Gasteiger partial charge >= 0.3 is 0 Å². The summed E-state index contributed by atoms with van der Waals surface area (Å²) < 4.78 is 2.16. The van der Waals surface area contributed by atoms with Crippen LogP contribution in [0.15, 0.2) is 24.7 Å². The normalized spacial score (nSPS) is 19.5. The van der Waals surface area contributed by atoms with Crippen molar-refractivity contribution in [3.8, 4) is 0 Å².